The lowest BCUT2D eigenvalue weighted by Gasteiger charge is -2.41. The Hall–Kier alpha value is -2.13. The lowest BCUT2D eigenvalue weighted by molar-refractivity contribution is -0.146. The van der Waals surface area contributed by atoms with Gasteiger partial charge in [-0.25, -0.2) is 9.59 Å². The largest absolute Gasteiger partial charge is 0.464 e. The molecule has 1 unspecified atom stereocenters. The summed E-state index contributed by atoms with van der Waals surface area (Å²) < 4.78 is 12.5. The van der Waals surface area contributed by atoms with Crippen LogP contribution in [-0.4, -0.2) is 54.5 Å². The molecular weight excluding hydrogens is 370 g/mol. The Balaban J connectivity index is 2.11. The normalized spacial score (nSPS) is 17.6. The number of carbonyl (C=O) groups excluding carboxylic acids is 2. The summed E-state index contributed by atoms with van der Waals surface area (Å²) in [6.07, 6.45) is 0.298. The Labute approximate surface area is 163 Å². The second kappa shape index (κ2) is 10.3. The maximum atomic E-state index is 12.6. The lowest BCUT2D eigenvalue weighted by Crippen LogP contribution is -2.59. The molecule has 27 heavy (non-hydrogen) atoms. The summed E-state index contributed by atoms with van der Waals surface area (Å²) in [5, 5.41) is 2.61. The van der Waals surface area contributed by atoms with Crippen LogP contribution in [0.4, 0.5) is 4.79 Å². The number of ether oxygens (including phenoxy) is 2. The average molecular weight is 395 g/mol. The number of alkyl carbamates (subject to hydrolysis) is 1. The molecule has 0 spiro atoms. The highest BCUT2D eigenvalue weighted by Crippen LogP contribution is 2.40. The van der Waals surface area contributed by atoms with Gasteiger partial charge in [0, 0.05) is 16.5 Å². The summed E-state index contributed by atoms with van der Waals surface area (Å²) in [6, 6.07) is 8.21. The smallest absolute Gasteiger partial charge is 0.408 e. The first kappa shape index (κ1) is 21.2. The molecule has 2 rings (SSSR count). The SMILES string of the molecule is CCOC(=O)C(NC(=O)OCc1ccccc1)C1(SN=O)CCN(C)CC1. The fraction of sp³-hybridized carbons (Fsp3) is 0.556. The van der Waals surface area contributed by atoms with Crippen LogP contribution in [0.1, 0.15) is 25.3 Å². The van der Waals surface area contributed by atoms with Crippen LogP contribution in [0.5, 0.6) is 0 Å². The minimum absolute atomic E-state index is 0.0804. The minimum Gasteiger partial charge on any atom is -0.464 e. The summed E-state index contributed by atoms with van der Waals surface area (Å²) in [7, 11) is 1.96. The number of benzene rings is 1. The minimum atomic E-state index is -1.02. The number of hydrogen-bond donors (Lipinski definition) is 1. The van der Waals surface area contributed by atoms with Crippen molar-refractivity contribution in [2.45, 2.75) is 37.2 Å². The molecule has 148 valence electrons. The maximum absolute atomic E-state index is 12.6. The van der Waals surface area contributed by atoms with Gasteiger partial charge in [0.15, 0.2) is 0 Å². The van der Waals surface area contributed by atoms with E-state index in [2.05, 4.69) is 14.8 Å². The number of piperidine rings is 1. The number of nitroso groups, excluding NO2 is 1. The van der Waals surface area contributed by atoms with Crippen molar-refractivity contribution in [3.05, 3.63) is 40.8 Å². The molecule has 1 heterocycles. The summed E-state index contributed by atoms with van der Waals surface area (Å²) in [5.74, 6) is -0.588. The van der Waals surface area contributed by atoms with Crippen molar-refractivity contribution in [2.24, 2.45) is 4.58 Å². The molecule has 0 radical (unpaired) electrons. The van der Waals surface area contributed by atoms with Crippen molar-refractivity contribution in [3.63, 3.8) is 0 Å². The van der Waals surface area contributed by atoms with E-state index in [1.165, 1.54) is 0 Å². The third-order valence-corrected chi connectivity index (χ3v) is 5.66. The Morgan fingerprint density at radius 3 is 2.52 bits per heavy atom. The molecule has 1 aliphatic heterocycles. The van der Waals surface area contributed by atoms with Crippen molar-refractivity contribution >= 4 is 24.0 Å². The summed E-state index contributed by atoms with van der Waals surface area (Å²) >= 11 is 0.792. The van der Waals surface area contributed by atoms with E-state index in [1.54, 1.807) is 6.92 Å². The Bertz CT molecular complexity index is 635. The second-order valence-electron chi connectivity index (χ2n) is 6.43. The topological polar surface area (TPSA) is 97.3 Å². The molecule has 1 atom stereocenters. The van der Waals surface area contributed by atoms with Gasteiger partial charge >= 0.3 is 12.1 Å². The molecule has 0 aromatic heterocycles. The molecule has 1 fully saturated rings. The molecule has 1 aromatic carbocycles. The van der Waals surface area contributed by atoms with Gasteiger partial charge in [-0.05, 0) is 45.5 Å². The predicted molar refractivity (Wildman–Crippen MR) is 103 cm³/mol. The van der Waals surface area contributed by atoms with Crippen LogP contribution < -0.4 is 5.32 Å². The molecule has 0 bridgehead atoms. The fourth-order valence-electron chi connectivity index (χ4n) is 3.02. The van der Waals surface area contributed by atoms with Gasteiger partial charge in [0.25, 0.3) is 0 Å². The first-order valence-corrected chi connectivity index (χ1v) is 9.61. The number of esters is 1. The van der Waals surface area contributed by atoms with Gasteiger partial charge in [0.2, 0.25) is 0 Å². The Kier molecular flexibility index (Phi) is 8.05. The third-order valence-electron chi connectivity index (χ3n) is 4.58. The van der Waals surface area contributed by atoms with Crippen molar-refractivity contribution < 1.29 is 19.1 Å². The molecule has 1 aromatic rings. The quantitative estimate of drug-likeness (QED) is 0.411. The van der Waals surface area contributed by atoms with Crippen LogP contribution in [0.25, 0.3) is 0 Å². The van der Waals surface area contributed by atoms with E-state index in [9.17, 15) is 14.5 Å². The van der Waals surface area contributed by atoms with Crippen LogP contribution in [-0.2, 0) is 20.9 Å². The highest BCUT2D eigenvalue weighted by molar-refractivity contribution is 7.99. The zero-order valence-electron chi connectivity index (χ0n) is 15.6. The van der Waals surface area contributed by atoms with E-state index < -0.39 is 22.9 Å². The van der Waals surface area contributed by atoms with Crippen molar-refractivity contribution in [3.8, 4) is 0 Å². The number of nitrogens with one attached hydrogen (secondary N) is 1. The highest BCUT2D eigenvalue weighted by atomic mass is 32.2. The average Bonchev–Trinajstić information content (AvgIpc) is 2.67. The summed E-state index contributed by atoms with van der Waals surface area (Å²) in [5.41, 5.74) is 0.832. The van der Waals surface area contributed by atoms with E-state index in [0.29, 0.717) is 25.9 Å². The van der Waals surface area contributed by atoms with Gasteiger partial charge in [-0.15, -0.1) is 4.91 Å². The molecule has 1 saturated heterocycles. The van der Waals surface area contributed by atoms with E-state index in [1.807, 2.05) is 37.4 Å². The summed E-state index contributed by atoms with van der Waals surface area (Å²) in [4.78, 5) is 38.0. The van der Waals surface area contributed by atoms with Crippen LogP contribution in [0.15, 0.2) is 34.9 Å². The molecule has 1 amide bonds. The molecule has 0 aliphatic carbocycles. The van der Waals surface area contributed by atoms with E-state index >= 15 is 0 Å². The first-order valence-electron chi connectivity index (χ1n) is 8.84. The van der Waals surface area contributed by atoms with Crippen LogP contribution in [0.2, 0.25) is 0 Å². The molecule has 9 heteroatoms. The molecule has 8 nitrogen and oxygen atoms in total. The van der Waals surface area contributed by atoms with Gasteiger partial charge in [0.05, 0.1) is 11.4 Å². The first-order chi connectivity index (χ1) is 13.0. The van der Waals surface area contributed by atoms with Crippen LogP contribution in [0.3, 0.4) is 0 Å². The number of likely N-dealkylation sites (tertiary alicyclic amines) is 1. The lowest BCUT2D eigenvalue weighted by atomic mass is 9.88. The summed E-state index contributed by atoms with van der Waals surface area (Å²) in [6.45, 7) is 3.30. The van der Waals surface area contributed by atoms with E-state index in [0.717, 1.165) is 17.5 Å². The fourth-order valence-corrected chi connectivity index (χ4v) is 3.79. The second-order valence-corrected chi connectivity index (χ2v) is 7.57. The molecular formula is C18H25N3O5S. The van der Waals surface area contributed by atoms with Gasteiger partial charge in [-0.1, -0.05) is 30.3 Å². The van der Waals surface area contributed by atoms with Gasteiger partial charge in [-0.2, -0.15) is 0 Å². The zero-order valence-corrected chi connectivity index (χ0v) is 16.4. The Morgan fingerprint density at radius 1 is 1.26 bits per heavy atom. The third kappa shape index (κ3) is 5.93. The van der Waals surface area contributed by atoms with Crippen LogP contribution >= 0.6 is 11.9 Å². The highest BCUT2D eigenvalue weighted by Gasteiger charge is 2.48. The molecule has 1 aliphatic rings. The zero-order chi connectivity index (χ0) is 19.7. The number of rotatable bonds is 8. The van der Waals surface area contributed by atoms with E-state index in [-0.39, 0.29) is 13.2 Å². The van der Waals surface area contributed by atoms with Crippen molar-refractivity contribution in [1.82, 2.24) is 10.2 Å². The monoisotopic (exact) mass is 395 g/mol. The number of carbonyl (C=O) groups is 2. The van der Waals surface area contributed by atoms with Gasteiger partial charge in [0.1, 0.15) is 12.6 Å². The van der Waals surface area contributed by atoms with Gasteiger partial charge in [-0.3, -0.25) is 0 Å². The predicted octanol–water partition coefficient (Wildman–Crippen LogP) is 2.72. The van der Waals surface area contributed by atoms with Gasteiger partial charge < -0.3 is 19.7 Å². The maximum Gasteiger partial charge on any atom is 0.408 e. The van der Waals surface area contributed by atoms with E-state index in [4.69, 9.17) is 9.47 Å². The number of amides is 1. The standard InChI is InChI=1S/C18H25N3O5S/c1-3-25-16(22)15(18(27-20-24)9-11-21(2)12-10-18)19-17(23)26-13-14-7-5-4-6-8-14/h4-8,15H,3,9-13H2,1-2H3,(H,19,23). The number of hydrogen-bond acceptors (Lipinski definition) is 8. The molecule has 0 saturated carbocycles. The van der Waals surface area contributed by atoms with Crippen molar-refractivity contribution in [2.75, 3.05) is 26.7 Å². The van der Waals surface area contributed by atoms with Crippen LogP contribution in [0, 0.1) is 4.91 Å². The number of nitrogens with zero attached hydrogens (tertiary/aromatic N) is 2. The Morgan fingerprint density at radius 2 is 1.93 bits per heavy atom. The molecule has 1 N–H and O–H groups in total. The van der Waals surface area contributed by atoms with Crippen molar-refractivity contribution in [1.29, 1.82) is 0 Å².